The molecule has 1 fully saturated rings. The van der Waals surface area contributed by atoms with Crippen molar-refractivity contribution in [1.29, 1.82) is 0 Å². The van der Waals surface area contributed by atoms with E-state index >= 15 is 0 Å². The molecule has 0 aromatic heterocycles. The fourth-order valence-corrected chi connectivity index (χ4v) is 2.07. The summed E-state index contributed by atoms with van der Waals surface area (Å²) in [6.07, 6.45) is 8.17. The topological polar surface area (TPSA) is 41.1 Å². The third-order valence-electron chi connectivity index (χ3n) is 3.17. The first-order valence-corrected chi connectivity index (χ1v) is 7.35. The van der Waals surface area contributed by atoms with Gasteiger partial charge >= 0.3 is 6.03 Å². The zero-order chi connectivity index (χ0) is 12.0. The third kappa shape index (κ3) is 5.10. The van der Waals surface area contributed by atoms with Crippen LogP contribution in [0.4, 0.5) is 4.79 Å². The van der Waals surface area contributed by atoms with Gasteiger partial charge in [0.15, 0.2) is 0 Å². The van der Waals surface area contributed by atoms with Crippen LogP contribution < -0.4 is 10.6 Å². The van der Waals surface area contributed by atoms with Gasteiger partial charge in [0.2, 0.25) is 0 Å². The van der Waals surface area contributed by atoms with Gasteiger partial charge in [0.25, 0.3) is 0 Å². The minimum Gasteiger partial charge on any atom is -0.337 e. The van der Waals surface area contributed by atoms with Gasteiger partial charge in [0.05, 0.1) is 0 Å². The van der Waals surface area contributed by atoms with E-state index in [9.17, 15) is 4.79 Å². The molecule has 16 heavy (non-hydrogen) atoms. The molecular weight excluding hydrogens is 220 g/mol. The monoisotopic (exact) mass is 244 g/mol. The summed E-state index contributed by atoms with van der Waals surface area (Å²) in [5, 5.41) is 6.01. The summed E-state index contributed by atoms with van der Waals surface area (Å²) < 4.78 is 0.115. The van der Waals surface area contributed by atoms with E-state index in [2.05, 4.69) is 30.7 Å². The molecule has 1 aliphatic carbocycles. The second-order valence-electron chi connectivity index (χ2n) is 5.13. The predicted molar refractivity (Wildman–Crippen MR) is 71.0 cm³/mol. The highest BCUT2D eigenvalue weighted by atomic mass is 32.2. The molecule has 0 heterocycles. The molecule has 2 amide bonds. The Bertz CT molecular complexity index is 225. The largest absolute Gasteiger partial charge is 0.337 e. The lowest BCUT2D eigenvalue weighted by atomic mass is 9.96. The van der Waals surface area contributed by atoms with Gasteiger partial charge in [-0.3, -0.25) is 0 Å². The molecule has 0 bridgehead atoms. The van der Waals surface area contributed by atoms with Crippen molar-refractivity contribution in [2.75, 3.05) is 12.8 Å². The number of hydrogen-bond donors (Lipinski definition) is 2. The summed E-state index contributed by atoms with van der Waals surface area (Å²) in [5.41, 5.74) is 0. The fraction of sp³-hybridized carbons (Fsp3) is 0.917. The molecular formula is C12H24N2OS. The highest BCUT2D eigenvalue weighted by Gasteiger charge is 2.19. The maximum atomic E-state index is 11.6. The molecule has 0 radical (unpaired) electrons. The lowest BCUT2D eigenvalue weighted by molar-refractivity contribution is 0.232. The highest BCUT2D eigenvalue weighted by molar-refractivity contribution is 7.99. The number of carbonyl (C=O) groups is 1. The summed E-state index contributed by atoms with van der Waals surface area (Å²) >= 11 is 1.77. The van der Waals surface area contributed by atoms with Crippen molar-refractivity contribution in [3.63, 3.8) is 0 Å². The van der Waals surface area contributed by atoms with Crippen LogP contribution in [0.5, 0.6) is 0 Å². The Morgan fingerprint density at radius 2 is 1.94 bits per heavy atom. The SMILES string of the molecule is CSC(C)(C)CNC(=O)NC1CCCCC1. The van der Waals surface area contributed by atoms with E-state index in [-0.39, 0.29) is 10.8 Å². The van der Waals surface area contributed by atoms with Crippen molar-refractivity contribution >= 4 is 17.8 Å². The molecule has 3 nitrogen and oxygen atoms in total. The highest BCUT2D eigenvalue weighted by Crippen LogP contribution is 2.20. The maximum Gasteiger partial charge on any atom is 0.315 e. The van der Waals surface area contributed by atoms with E-state index < -0.39 is 0 Å². The molecule has 0 unspecified atom stereocenters. The standard InChI is InChI=1S/C12H24N2OS/c1-12(2,16-3)9-13-11(15)14-10-7-5-4-6-8-10/h10H,4-9H2,1-3H3,(H2,13,14,15). The minimum absolute atomic E-state index is 0.00553. The zero-order valence-electron chi connectivity index (χ0n) is 10.6. The number of urea groups is 1. The second-order valence-corrected chi connectivity index (χ2v) is 6.64. The summed E-state index contributed by atoms with van der Waals surface area (Å²) in [6, 6.07) is 0.389. The van der Waals surface area contributed by atoms with Crippen molar-refractivity contribution in [2.24, 2.45) is 0 Å². The van der Waals surface area contributed by atoms with Gasteiger partial charge in [-0.2, -0.15) is 11.8 Å². The summed E-state index contributed by atoms with van der Waals surface area (Å²) in [4.78, 5) is 11.6. The molecule has 0 spiro atoms. The Kier molecular flexibility index (Phi) is 5.46. The fourth-order valence-electron chi connectivity index (χ4n) is 1.85. The van der Waals surface area contributed by atoms with Crippen LogP contribution in [0, 0.1) is 0 Å². The van der Waals surface area contributed by atoms with Gasteiger partial charge in [-0.25, -0.2) is 4.79 Å². The van der Waals surface area contributed by atoms with Crippen LogP contribution in [-0.4, -0.2) is 29.6 Å². The van der Waals surface area contributed by atoms with Crippen molar-refractivity contribution in [3.05, 3.63) is 0 Å². The van der Waals surface area contributed by atoms with Crippen molar-refractivity contribution in [1.82, 2.24) is 10.6 Å². The molecule has 2 N–H and O–H groups in total. The zero-order valence-corrected chi connectivity index (χ0v) is 11.5. The van der Waals surface area contributed by atoms with E-state index in [1.165, 1.54) is 19.3 Å². The van der Waals surface area contributed by atoms with E-state index in [4.69, 9.17) is 0 Å². The molecule has 0 aromatic rings. The smallest absolute Gasteiger partial charge is 0.315 e. The quantitative estimate of drug-likeness (QED) is 0.798. The molecule has 0 saturated heterocycles. The Labute approximate surface area is 103 Å². The maximum absolute atomic E-state index is 11.6. The number of thioether (sulfide) groups is 1. The lowest BCUT2D eigenvalue weighted by Gasteiger charge is -2.25. The summed E-state index contributed by atoms with van der Waals surface area (Å²) in [6.45, 7) is 4.99. The predicted octanol–water partition coefficient (Wildman–Crippen LogP) is 2.76. The Hall–Kier alpha value is -0.380. The van der Waals surface area contributed by atoms with Gasteiger partial charge in [-0.1, -0.05) is 19.3 Å². The summed E-state index contributed by atoms with van der Waals surface area (Å²) in [7, 11) is 0. The lowest BCUT2D eigenvalue weighted by Crippen LogP contribution is -2.46. The van der Waals surface area contributed by atoms with E-state index in [1.54, 1.807) is 11.8 Å². The first-order chi connectivity index (χ1) is 7.53. The van der Waals surface area contributed by atoms with Gasteiger partial charge in [0.1, 0.15) is 0 Å². The Morgan fingerprint density at radius 1 is 1.31 bits per heavy atom. The molecule has 0 aromatic carbocycles. The van der Waals surface area contributed by atoms with Crippen LogP contribution in [0.3, 0.4) is 0 Å². The average Bonchev–Trinajstić information content (AvgIpc) is 2.28. The molecule has 0 aliphatic heterocycles. The van der Waals surface area contributed by atoms with Crippen LogP contribution in [0.15, 0.2) is 0 Å². The number of rotatable bonds is 4. The normalized spacial score (nSPS) is 18.2. The van der Waals surface area contributed by atoms with Crippen LogP contribution in [0.2, 0.25) is 0 Å². The van der Waals surface area contributed by atoms with Crippen molar-refractivity contribution in [3.8, 4) is 0 Å². The Balaban J connectivity index is 2.19. The first-order valence-electron chi connectivity index (χ1n) is 6.13. The minimum atomic E-state index is -0.00553. The van der Waals surface area contributed by atoms with Gasteiger partial charge in [-0.05, 0) is 32.9 Å². The second kappa shape index (κ2) is 6.38. The average molecular weight is 244 g/mol. The van der Waals surface area contributed by atoms with Gasteiger partial charge < -0.3 is 10.6 Å². The van der Waals surface area contributed by atoms with Crippen LogP contribution >= 0.6 is 11.8 Å². The number of nitrogens with one attached hydrogen (secondary N) is 2. The molecule has 1 saturated carbocycles. The van der Waals surface area contributed by atoms with Gasteiger partial charge in [0, 0.05) is 17.3 Å². The molecule has 1 rings (SSSR count). The van der Waals surface area contributed by atoms with Crippen LogP contribution in [0.25, 0.3) is 0 Å². The summed E-state index contributed by atoms with van der Waals surface area (Å²) in [5.74, 6) is 0. The van der Waals surface area contributed by atoms with E-state index in [1.807, 2.05) is 0 Å². The van der Waals surface area contributed by atoms with Crippen molar-refractivity contribution < 1.29 is 4.79 Å². The number of amides is 2. The molecule has 1 aliphatic rings. The molecule has 4 heteroatoms. The van der Waals surface area contributed by atoms with Gasteiger partial charge in [-0.15, -0.1) is 0 Å². The van der Waals surface area contributed by atoms with Crippen molar-refractivity contribution in [2.45, 2.75) is 56.7 Å². The third-order valence-corrected chi connectivity index (χ3v) is 4.42. The van der Waals surface area contributed by atoms with E-state index in [0.717, 1.165) is 12.8 Å². The first kappa shape index (κ1) is 13.7. The van der Waals surface area contributed by atoms with E-state index in [0.29, 0.717) is 12.6 Å². The number of hydrogen-bond acceptors (Lipinski definition) is 2. The van der Waals surface area contributed by atoms with Crippen LogP contribution in [-0.2, 0) is 0 Å². The Morgan fingerprint density at radius 3 is 2.50 bits per heavy atom. The molecule has 94 valence electrons. The van der Waals surface area contributed by atoms with Crippen LogP contribution in [0.1, 0.15) is 46.0 Å². The molecule has 0 atom stereocenters. The number of carbonyl (C=O) groups excluding carboxylic acids is 1.